The Morgan fingerprint density at radius 3 is 2.61 bits per heavy atom. The van der Waals surface area contributed by atoms with Crippen molar-refractivity contribution >= 4 is 18.2 Å². The molecule has 0 radical (unpaired) electrons. The van der Waals surface area contributed by atoms with Crippen LogP contribution in [0.3, 0.4) is 0 Å². The molecule has 6 heteroatoms. The second-order valence-corrected chi connectivity index (χ2v) is 5.47. The van der Waals surface area contributed by atoms with Gasteiger partial charge in [0.1, 0.15) is 0 Å². The van der Waals surface area contributed by atoms with Gasteiger partial charge in [-0.3, -0.25) is 4.79 Å². The zero-order valence-corrected chi connectivity index (χ0v) is 14.7. The molecular weight excluding hydrogens is 314 g/mol. The molecule has 0 spiro atoms. The summed E-state index contributed by atoms with van der Waals surface area (Å²) in [7, 11) is 1.90. The highest BCUT2D eigenvalue weighted by molar-refractivity contribution is 5.96. The number of hydrogen-bond acceptors (Lipinski definition) is 5. The Balaban J connectivity index is 0.00000264. The zero-order chi connectivity index (χ0) is 15.9. The molecule has 1 heterocycles. The van der Waals surface area contributed by atoms with Gasteiger partial charge in [-0.1, -0.05) is 36.3 Å². The number of nitrogens with zero attached hydrogens (tertiary/aromatic N) is 2. The van der Waals surface area contributed by atoms with Gasteiger partial charge in [-0.15, -0.1) is 12.4 Å². The fourth-order valence-electron chi connectivity index (χ4n) is 2.14. The normalized spacial score (nSPS) is 11.8. The summed E-state index contributed by atoms with van der Waals surface area (Å²) in [5.74, 6) is 1.31. The van der Waals surface area contributed by atoms with Crippen molar-refractivity contribution in [3.05, 3.63) is 47.1 Å². The molecule has 1 atom stereocenters. The quantitative estimate of drug-likeness (QED) is 0.750. The van der Waals surface area contributed by atoms with Crippen LogP contribution in [0.15, 0.2) is 28.8 Å². The lowest BCUT2D eigenvalue weighted by Gasteiger charge is -2.04. The fourth-order valence-corrected chi connectivity index (χ4v) is 2.14. The van der Waals surface area contributed by atoms with E-state index in [9.17, 15) is 4.79 Å². The van der Waals surface area contributed by atoms with Crippen LogP contribution in [0.25, 0.3) is 0 Å². The van der Waals surface area contributed by atoms with Crippen LogP contribution in [0.4, 0.5) is 0 Å². The first-order chi connectivity index (χ1) is 10.6. The Kier molecular flexibility index (Phi) is 7.92. The van der Waals surface area contributed by atoms with Crippen molar-refractivity contribution in [3.8, 4) is 0 Å². The minimum absolute atomic E-state index is 0. The molecule has 0 bridgehead atoms. The van der Waals surface area contributed by atoms with Crippen LogP contribution in [-0.4, -0.2) is 29.0 Å². The Morgan fingerprint density at radius 2 is 2.00 bits per heavy atom. The van der Waals surface area contributed by atoms with Gasteiger partial charge in [0.15, 0.2) is 11.6 Å². The van der Waals surface area contributed by atoms with E-state index in [-0.39, 0.29) is 18.2 Å². The molecule has 23 heavy (non-hydrogen) atoms. The minimum atomic E-state index is 0. The Bertz CT molecular complexity index is 611. The van der Waals surface area contributed by atoms with Crippen molar-refractivity contribution in [2.45, 2.75) is 45.6 Å². The van der Waals surface area contributed by atoms with E-state index >= 15 is 0 Å². The molecule has 5 nitrogen and oxygen atoms in total. The summed E-state index contributed by atoms with van der Waals surface area (Å²) in [6.07, 6.45) is 2.56. The molecular formula is C17H24ClN3O2. The summed E-state index contributed by atoms with van der Waals surface area (Å²) >= 11 is 0. The van der Waals surface area contributed by atoms with Crippen molar-refractivity contribution in [1.82, 2.24) is 15.5 Å². The van der Waals surface area contributed by atoms with Crippen LogP contribution in [0.1, 0.15) is 47.9 Å². The van der Waals surface area contributed by atoms with E-state index in [0.717, 1.165) is 12.0 Å². The Morgan fingerprint density at radius 1 is 1.30 bits per heavy atom. The predicted octanol–water partition coefficient (Wildman–Crippen LogP) is 3.02. The highest BCUT2D eigenvalue weighted by Gasteiger charge is 2.12. The molecule has 1 aromatic carbocycles. The summed E-state index contributed by atoms with van der Waals surface area (Å²) in [6.45, 7) is 4.15. The molecule has 0 aliphatic carbocycles. The zero-order valence-electron chi connectivity index (χ0n) is 13.8. The third-order valence-electron chi connectivity index (χ3n) is 3.74. The van der Waals surface area contributed by atoms with E-state index in [1.54, 1.807) is 0 Å². The number of carbonyl (C=O) groups excluding carboxylic acids is 1. The van der Waals surface area contributed by atoms with Gasteiger partial charge >= 0.3 is 0 Å². The molecule has 2 aromatic rings. The van der Waals surface area contributed by atoms with E-state index in [4.69, 9.17) is 4.52 Å². The van der Waals surface area contributed by atoms with Crippen LogP contribution < -0.4 is 5.32 Å². The number of nitrogens with one attached hydrogen (secondary N) is 1. The van der Waals surface area contributed by atoms with Crippen molar-refractivity contribution in [1.29, 1.82) is 0 Å². The van der Waals surface area contributed by atoms with Crippen LogP contribution in [0, 0.1) is 0 Å². The molecule has 2 rings (SSSR count). The van der Waals surface area contributed by atoms with Gasteiger partial charge in [0.25, 0.3) is 0 Å². The smallest absolute Gasteiger partial charge is 0.227 e. The van der Waals surface area contributed by atoms with Crippen molar-refractivity contribution in [2.24, 2.45) is 0 Å². The first-order valence-corrected chi connectivity index (χ1v) is 7.73. The summed E-state index contributed by atoms with van der Waals surface area (Å²) < 4.78 is 5.19. The van der Waals surface area contributed by atoms with Crippen LogP contribution >= 0.6 is 12.4 Å². The summed E-state index contributed by atoms with van der Waals surface area (Å²) in [5, 5.41) is 7.07. The molecule has 0 saturated carbocycles. The molecule has 0 fully saturated rings. The standard InChI is InChI=1S/C17H23N3O2.ClH/c1-4-13-5-7-14(8-6-13)15(21)9-10-17-19-16(20-22-17)11-12(2)18-3;/h5-8,12,18H,4,9-11H2,1-3H3;1H. The average Bonchev–Trinajstić information content (AvgIpc) is 3.00. The molecule has 0 saturated heterocycles. The Labute approximate surface area is 143 Å². The molecule has 0 amide bonds. The van der Waals surface area contributed by atoms with Crippen molar-refractivity contribution in [2.75, 3.05) is 7.05 Å². The molecule has 126 valence electrons. The van der Waals surface area contributed by atoms with Crippen molar-refractivity contribution < 1.29 is 9.32 Å². The van der Waals surface area contributed by atoms with E-state index in [1.165, 1.54) is 5.56 Å². The van der Waals surface area contributed by atoms with E-state index in [1.807, 2.05) is 31.3 Å². The lowest BCUT2D eigenvalue weighted by atomic mass is 10.0. The number of benzene rings is 1. The van der Waals surface area contributed by atoms with Gasteiger partial charge in [-0.05, 0) is 26.0 Å². The van der Waals surface area contributed by atoms with Crippen LogP contribution in [-0.2, 0) is 19.3 Å². The second kappa shape index (κ2) is 9.43. The predicted molar refractivity (Wildman–Crippen MR) is 92.2 cm³/mol. The van der Waals surface area contributed by atoms with Gasteiger partial charge < -0.3 is 9.84 Å². The molecule has 0 aliphatic heterocycles. The first kappa shape index (κ1) is 19.3. The first-order valence-electron chi connectivity index (χ1n) is 7.73. The molecule has 1 N–H and O–H groups in total. The maximum Gasteiger partial charge on any atom is 0.227 e. The SMILES string of the molecule is CCc1ccc(C(=O)CCc2nc(CC(C)NC)no2)cc1.Cl. The van der Waals surface area contributed by atoms with Gasteiger partial charge in [0, 0.05) is 30.9 Å². The minimum Gasteiger partial charge on any atom is -0.339 e. The highest BCUT2D eigenvalue weighted by atomic mass is 35.5. The number of carbonyl (C=O) groups is 1. The largest absolute Gasteiger partial charge is 0.339 e. The number of likely N-dealkylation sites (N-methyl/N-ethyl adjacent to an activating group) is 1. The highest BCUT2D eigenvalue weighted by Crippen LogP contribution is 2.10. The lowest BCUT2D eigenvalue weighted by Crippen LogP contribution is -2.24. The van der Waals surface area contributed by atoms with Crippen molar-refractivity contribution in [3.63, 3.8) is 0 Å². The maximum absolute atomic E-state index is 12.1. The van der Waals surface area contributed by atoms with Crippen LogP contribution in [0.2, 0.25) is 0 Å². The van der Waals surface area contributed by atoms with Gasteiger partial charge in [0.2, 0.25) is 5.89 Å². The second-order valence-electron chi connectivity index (χ2n) is 5.47. The van der Waals surface area contributed by atoms with Gasteiger partial charge in [0.05, 0.1) is 0 Å². The van der Waals surface area contributed by atoms with Gasteiger partial charge in [-0.25, -0.2) is 0 Å². The van der Waals surface area contributed by atoms with Gasteiger partial charge in [-0.2, -0.15) is 4.98 Å². The third-order valence-corrected chi connectivity index (χ3v) is 3.74. The fraction of sp³-hybridized carbons (Fsp3) is 0.471. The van der Waals surface area contributed by atoms with E-state index < -0.39 is 0 Å². The number of aromatic nitrogens is 2. The monoisotopic (exact) mass is 337 g/mol. The third kappa shape index (κ3) is 5.77. The summed E-state index contributed by atoms with van der Waals surface area (Å²) in [5.41, 5.74) is 1.97. The van der Waals surface area contributed by atoms with E-state index in [0.29, 0.717) is 37.0 Å². The number of Topliss-reactive ketones (excluding diaryl/α,β-unsaturated/α-hetero) is 1. The van der Waals surface area contributed by atoms with Crippen LogP contribution in [0.5, 0.6) is 0 Å². The average molecular weight is 338 g/mol. The molecule has 0 aliphatic rings. The number of ketones is 1. The topological polar surface area (TPSA) is 68.0 Å². The number of aryl methyl sites for hydroxylation is 2. The van der Waals surface area contributed by atoms with E-state index in [2.05, 4.69) is 29.3 Å². The number of hydrogen-bond donors (Lipinski definition) is 1. The maximum atomic E-state index is 12.1. The molecule has 1 unspecified atom stereocenters. The summed E-state index contributed by atoms with van der Waals surface area (Å²) in [6, 6.07) is 8.06. The lowest BCUT2D eigenvalue weighted by molar-refractivity contribution is 0.0979. The summed E-state index contributed by atoms with van der Waals surface area (Å²) in [4.78, 5) is 16.5. The number of halogens is 1. The number of rotatable bonds is 8. The Hall–Kier alpha value is -1.72. The molecule has 1 aromatic heterocycles.